The second kappa shape index (κ2) is 7.10. The highest BCUT2D eigenvalue weighted by atomic mass is 16.4. The first-order chi connectivity index (χ1) is 9.72. The van der Waals surface area contributed by atoms with Gasteiger partial charge in [0.05, 0.1) is 0 Å². The van der Waals surface area contributed by atoms with Crippen LogP contribution in [0.1, 0.15) is 31.2 Å². The maximum atomic E-state index is 10.6. The van der Waals surface area contributed by atoms with Gasteiger partial charge < -0.3 is 14.8 Å². The summed E-state index contributed by atoms with van der Waals surface area (Å²) in [5.74, 6) is -0.739. The molecule has 2 rings (SSSR count). The molecule has 20 heavy (non-hydrogen) atoms. The lowest BCUT2D eigenvalue weighted by molar-refractivity contribution is -0.137. The maximum Gasteiger partial charge on any atom is 0.303 e. The maximum absolute atomic E-state index is 10.6. The van der Waals surface area contributed by atoms with Gasteiger partial charge in [-0.2, -0.15) is 0 Å². The molecule has 1 aromatic heterocycles. The Hall–Kier alpha value is -1.81. The van der Waals surface area contributed by atoms with Gasteiger partial charge in [0.1, 0.15) is 0 Å². The van der Waals surface area contributed by atoms with Crippen molar-refractivity contribution in [2.24, 2.45) is 0 Å². The molecule has 0 saturated carbocycles. The molecule has 0 aliphatic rings. The van der Waals surface area contributed by atoms with Gasteiger partial charge in [0.2, 0.25) is 0 Å². The number of aliphatic hydroxyl groups is 1. The van der Waals surface area contributed by atoms with Crippen molar-refractivity contribution in [1.82, 2.24) is 4.57 Å². The topological polar surface area (TPSA) is 62.5 Å². The van der Waals surface area contributed by atoms with Gasteiger partial charge in [-0.15, -0.1) is 0 Å². The normalized spacial score (nSPS) is 11.1. The van der Waals surface area contributed by atoms with Gasteiger partial charge >= 0.3 is 5.97 Å². The van der Waals surface area contributed by atoms with Crippen LogP contribution in [0.15, 0.2) is 30.5 Å². The van der Waals surface area contributed by atoms with E-state index in [0.29, 0.717) is 6.42 Å². The lowest BCUT2D eigenvalue weighted by atomic mass is 10.1. The average molecular weight is 275 g/mol. The van der Waals surface area contributed by atoms with Crippen molar-refractivity contribution >= 4 is 16.9 Å². The Labute approximate surface area is 118 Å². The molecule has 1 aromatic carbocycles. The third-order valence-corrected chi connectivity index (χ3v) is 3.51. The van der Waals surface area contributed by atoms with Gasteiger partial charge in [0.15, 0.2) is 0 Å². The monoisotopic (exact) mass is 275 g/mol. The highest BCUT2D eigenvalue weighted by Gasteiger charge is 2.08. The molecule has 2 N–H and O–H groups in total. The molecule has 4 heteroatoms. The molecular formula is C16H21NO3. The Morgan fingerprint density at radius 3 is 2.70 bits per heavy atom. The highest BCUT2D eigenvalue weighted by Crippen LogP contribution is 2.23. The predicted octanol–water partition coefficient (Wildman–Crippen LogP) is 2.82. The third-order valence-electron chi connectivity index (χ3n) is 3.51. The van der Waals surface area contributed by atoms with Crippen LogP contribution in [0.5, 0.6) is 0 Å². The van der Waals surface area contributed by atoms with Gasteiger partial charge in [-0.05, 0) is 37.3 Å². The lowest BCUT2D eigenvalue weighted by Crippen LogP contribution is -1.97. The number of aliphatic carboxylic acids is 1. The number of nitrogens with zero attached hydrogens (tertiary/aromatic N) is 1. The van der Waals surface area contributed by atoms with Crippen LogP contribution in [-0.4, -0.2) is 27.4 Å². The van der Waals surface area contributed by atoms with E-state index in [1.165, 1.54) is 16.5 Å². The molecule has 0 saturated heterocycles. The van der Waals surface area contributed by atoms with Crippen molar-refractivity contribution in [3.05, 3.63) is 36.0 Å². The van der Waals surface area contributed by atoms with E-state index in [2.05, 4.69) is 22.9 Å². The van der Waals surface area contributed by atoms with Crippen LogP contribution in [0.3, 0.4) is 0 Å². The summed E-state index contributed by atoms with van der Waals surface area (Å²) in [5, 5.41) is 18.8. The van der Waals surface area contributed by atoms with Crippen LogP contribution in [-0.2, 0) is 17.8 Å². The van der Waals surface area contributed by atoms with Crippen molar-refractivity contribution in [2.45, 2.75) is 38.6 Å². The summed E-state index contributed by atoms with van der Waals surface area (Å²) in [6.07, 6.45) is 5.55. The molecule has 0 fully saturated rings. The van der Waals surface area contributed by atoms with E-state index in [4.69, 9.17) is 10.2 Å². The number of hydrogen-bond donors (Lipinski definition) is 2. The first-order valence-corrected chi connectivity index (χ1v) is 7.12. The summed E-state index contributed by atoms with van der Waals surface area (Å²) >= 11 is 0. The molecule has 2 aromatic rings. The molecule has 0 radical (unpaired) electrons. The van der Waals surface area contributed by atoms with Crippen LogP contribution in [0, 0.1) is 0 Å². The molecule has 4 nitrogen and oxygen atoms in total. The molecule has 0 unspecified atom stereocenters. The predicted molar refractivity (Wildman–Crippen MR) is 78.8 cm³/mol. The standard InChI is InChI=1S/C16H21NO3/c18-11-4-3-10-17-12-13(6-5-9-16(19)20)14-7-1-2-8-15(14)17/h1-2,7-8,12,18H,3-6,9-11H2,(H,19,20). The molecule has 1 heterocycles. The van der Waals surface area contributed by atoms with E-state index < -0.39 is 5.97 Å². The number of para-hydroxylation sites is 1. The van der Waals surface area contributed by atoms with Crippen LogP contribution < -0.4 is 0 Å². The van der Waals surface area contributed by atoms with Crippen molar-refractivity contribution in [1.29, 1.82) is 0 Å². The minimum absolute atomic E-state index is 0.212. The summed E-state index contributed by atoms with van der Waals surface area (Å²) in [4.78, 5) is 10.6. The van der Waals surface area contributed by atoms with Crippen molar-refractivity contribution < 1.29 is 15.0 Å². The number of benzene rings is 1. The molecule has 0 atom stereocenters. The van der Waals surface area contributed by atoms with Crippen LogP contribution >= 0.6 is 0 Å². The highest BCUT2D eigenvalue weighted by molar-refractivity contribution is 5.84. The van der Waals surface area contributed by atoms with Gasteiger partial charge in [0, 0.05) is 36.7 Å². The second-order valence-electron chi connectivity index (χ2n) is 5.04. The Morgan fingerprint density at radius 2 is 1.95 bits per heavy atom. The summed E-state index contributed by atoms with van der Waals surface area (Å²) in [6, 6.07) is 8.22. The minimum Gasteiger partial charge on any atom is -0.481 e. The van der Waals surface area contributed by atoms with E-state index in [9.17, 15) is 4.79 Å². The first kappa shape index (κ1) is 14.6. The van der Waals surface area contributed by atoms with E-state index in [1.54, 1.807) is 0 Å². The molecular weight excluding hydrogens is 254 g/mol. The number of fused-ring (bicyclic) bond motifs is 1. The Morgan fingerprint density at radius 1 is 1.15 bits per heavy atom. The van der Waals surface area contributed by atoms with Crippen molar-refractivity contribution in [3.63, 3.8) is 0 Å². The number of carbonyl (C=O) groups is 1. The lowest BCUT2D eigenvalue weighted by Gasteiger charge is -2.03. The average Bonchev–Trinajstić information content (AvgIpc) is 2.78. The van der Waals surface area contributed by atoms with E-state index in [1.807, 2.05) is 12.1 Å². The Bertz CT molecular complexity index is 574. The SMILES string of the molecule is O=C(O)CCCc1cn(CCCCO)c2ccccc12. The van der Waals surface area contributed by atoms with Crippen LogP contribution in [0.25, 0.3) is 10.9 Å². The zero-order valence-electron chi connectivity index (χ0n) is 11.6. The number of carboxylic acids is 1. The molecule has 0 aliphatic carbocycles. The van der Waals surface area contributed by atoms with Crippen molar-refractivity contribution in [3.8, 4) is 0 Å². The number of aliphatic hydroxyl groups excluding tert-OH is 1. The van der Waals surface area contributed by atoms with Crippen LogP contribution in [0.2, 0.25) is 0 Å². The number of hydrogen-bond acceptors (Lipinski definition) is 2. The van der Waals surface area contributed by atoms with Gasteiger partial charge in [0.25, 0.3) is 0 Å². The van der Waals surface area contributed by atoms with Crippen LogP contribution in [0.4, 0.5) is 0 Å². The smallest absolute Gasteiger partial charge is 0.303 e. The molecule has 0 bridgehead atoms. The zero-order chi connectivity index (χ0) is 14.4. The number of aromatic nitrogens is 1. The summed E-state index contributed by atoms with van der Waals surface area (Å²) in [5.41, 5.74) is 2.40. The van der Waals surface area contributed by atoms with Gasteiger partial charge in [-0.25, -0.2) is 0 Å². The zero-order valence-corrected chi connectivity index (χ0v) is 11.6. The summed E-state index contributed by atoms with van der Waals surface area (Å²) < 4.78 is 2.21. The second-order valence-corrected chi connectivity index (χ2v) is 5.04. The van der Waals surface area contributed by atoms with E-state index >= 15 is 0 Å². The molecule has 108 valence electrons. The van der Waals surface area contributed by atoms with E-state index in [0.717, 1.165) is 25.8 Å². The minimum atomic E-state index is -0.739. The summed E-state index contributed by atoms with van der Waals surface area (Å²) in [7, 11) is 0. The number of aryl methyl sites for hydroxylation is 2. The fourth-order valence-corrected chi connectivity index (χ4v) is 2.53. The number of carboxylic acid groups (broad SMARTS) is 1. The third kappa shape index (κ3) is 3.61. The fraction of sp³-hybridized carbons (Fsp3) is 0.438. The number of rotatable bonds is 8. The largest absolute Gasteiger partial charge is 0.481 e. The van der Waals surface area contributed by atoms with Gasteiger partial charge in [-0.1, -0.05) is 18.2 Å². The van der Waals surface area contributed by atoms with E-state index in [-0.39, 0.29) is 13.0 Å². The molecule has 0 spiro atoms. The first-order valence-electron chi connectivity index (χ1n) is 7.12. The quantitative estimate of drug-likeness (QED) is 0.728. The summed E-state index contributed by atoms with van der Waals surface area (Å²) in [6.45, 7) is 1.12. The molecule has 0 amide bonds. The van der Waals surface area contributed by atoms with Crippen molar-refractivity contribution in [2.75, 3.05) is 6.61 Å². The van der Waals surface area contributed by atoms with Gasteiger partial charge in [-0.3, -0.25) is 4.79 Å². The molecule has 0 aliphatic heterocycles. The number of unbranched alkanes of at least 4 members (excludes halogenated alkanes) is 1. The Kier molecular flexibility index (Phi) is 5.18. The fourth-order valence-electron chi connectivity index (χ4n) is 2.53. The Balaban J connectivity index is 2.14.